The Labute approximate surface area is 184 Å². The quantitative estimate of drug-likeness (QED) is 0.217. The van der Waals surface area contributed by atoms with E-state index in [1.54, 1.807) is 0 Å². The van der Waals surface area contributed by atoms with Crippen LogP contribution in [0.3, 0.4) is 0 Å². The van der Waals surface area contributed by atoms with Crippen molar-refractivity contribution in [3.8, 4) is 0 Å². The van der Waals surface area contributed by atoms with Crippen LogP contribution in [0.5, 0.6) is 0 Å². The maximum atomic E-state index is 13.6. The third-order valence-electron chi connectivity index (χ3n) is 4.45. The number of hydrogen-bond acceptors (Lipinski definition) is 12. The summed E-state index contributed by atoms with van der Waals surface area (Å²) < 4.78 is 72.4. The first-order valence-corrected chi connectivity index (χ1v) is 13.2. The lowest BCUT2D eigenvalue weighted by Gasteiger charge is -2.30. The summed E-state index contributed by atoms with van der Waals surface area (Å²) in [5, 5.41) is 0. The van der Waals surface area contributed by atoms with Gasteiger partial charge in [0.1, 0.15) is 11.8 Å². The van der Waals surface area contributed by atoms with Crippen molar-refractivity contribution in [1.29, 1.82) is 0 Å². The second-order valence-electron chi connectivity index (χ2n) is 6.91. The fourth-order valence-corrected chi connectivity index (χ4v) is 6.26. The van der Waals surface area contributed by atoms with Crippen molar-refractivity contribution in [3.05, 3.63) is 12.4 Å². The van der Waals surface area contributed by atoms with Crippen LogP contribution in [0.2, 0.25) is 0 Å². The molecule has 33 heavy (non-hydrogen) atoms. The van der Waals surface area contributed by atoms with Crippen molar-refractivity contribution in [3.63, 3.8) is 0 Å². The van der Waals surface area contributed by atoms with Gasteiger partial charge < -0.3 is 34.8 Å². The van der Waals surface area contributed by atoms with E-state index in [0.29, 0.717) is 0 Å². The molecule has 0 spiro atoms. The molecule has 0 aromatic carbocycles. The first-order valence-electron chi connectivity index (χ1n) is 8.69. The summed E-state index contributed by atoms with van der Waals surface area (Å²) in [4.78, 5) is 47.1. The molecule has 17 nitrogen and oxygen atoms in total. The van der Waals surface area contributed by atoms with Crippen LogP contribution in [0, 0.1) is 6.08 Å². The van der Waals surface area contributed by atoms with Crippen LogP contribution >= 0.6 is 23.5 Å². The lowest BCUT2D eigenvalue weighted by Crippen LogP contribution is -2.41. The van der Waals surface area contributed by atoms with Crippen molar-refractivity contribution in [2.45, 2.75) is 31.3 Å². The van der Waals surface area contributed by atoms with E-state index in [2.05, 4.69) is 28.1 Å². The average molecular weight is 537 g/mol. The maximum Gasteiger partial charge on any atom is 0.490 e. The fourth-order valence-electron chi connectivity index (χ4n) is 3.14. The molecule has 21 heteroatoms. The van der Waals surface area contributed by atoms with Crippen LogP contribution in [-0.4, -0.2) is 64.5 Å². The molecular formula is C12H19FN5O12P3. The summed E-state index contributed by atoms with van der Waals surface area (Å²) in [6.45, 7) is 0.651. The summed E-state index contributed by atoms with van der Waals surface area (Å²) >= 11 is 0. The van der Waals surface area contributed by atoms with E-state index in [1.807, 2.05) is 0 Å². The summed E-state index contributed by atoms with van der Waals surface area (Å²) in [5.74, 6) is -0.201. The largest absolute Gasteiger partial charge is 0.490 e. The molecule has 5 atom stereocenters. The highest BCUT2D eigenvalue weighted by Gasteiger charge is 2.49. The highest BCUT2D eigenvalue weighted by atomic mass is 31.3. The SMILES string of the molecule is CO[C@H]1C[C@H](n2cnc3c(N)nc(F)nc32)O[C@]1(C)COP(=O)(O)OP(=O)(O)OP(=O)(O)O. The Hall–Kier alpha value is -1.39. The van der Waals surface area contributed by atoms with Gasteiger partial charge in [0, 0.05) is 13.5 Å². The predicted octanol–water partition coefficient (Wildman–Crippen LogP) is 0.583. The van der Waals surface area contributed by atoms with Crippen LogP contribution in [0.15, 0.2) is 6.33 Å². The van der Waals surface area contributed by atoms with Crippen molar-refractivity contribution in [2.24, 2.45) is 0 Å². The maximum absolute atomic E-state index is 13.6. The van der Waals surface area contributed by atoms with Crippen molar-refractivity contribution in [1.82, 2.24) is 19.5 Å². The number of ether oxygens (including phenoxy) is 2. The zero-order chi connectivity index (χ0) is 24.8. The molecule has 0 bridgehead atoms. The Morgan fingerprint density at radius 2 is 1.91 bits per heavy atom. The number of rotatable bonds is 9. The van der Waals surface area contributed by atoms with Gasteiger partial charge in [0.2, 0.25) is 0 Å². The lowest BCUT2D eigenvalue weighted by atomic mass is 10.0. The number of aromatic nitrogens is 4. The first-order chi connectivity index (χ1) is 15.0. The highest BCUT2D eigenvalue weighted by molar-refractivity contribution is 7.66. The molecule has 0 amide bonds. The zero-order valence-electron chi connectivity index (χ0n) is 16.8. The van der Waals surface area contributed by atoms with Crippen molar-refractivity contribution >= 4 is 40.4 Å². The summed E-state index contributed by atoms with van der Waals surface area (Å²) in [6.07, 6.45) is -1.41. The lowest BCUT2D eigenvalue weighted by molar-refractivity contribution is -0.120. The molecule has 186 valence electrons. The highest BCUT2D eigenvalue weighted by Crippen LogP contribution is 2.66. The summed E-state index contributed by atoms with van der Waals surface area (Å²) in [5.41, 5.74) is 4.28. The second kappa shape index (κ2) is 9.00. The standard InChI is InChI=1S/C12H19FN5O12P3/c1-12(4-27-32(22,23)30-33(24,25)29-31(19,20)21)6(26-2)3-7(28-12)18-5-15-8-9(14)16-11(13)17-10(8)18/h5-7H,3-4H2,1-2H3,(H,22,23)(H,24,25)(H2,14,16,17)(H2,19,20,21)/t6-,7+,12+/m0/s1. The molecule has 1 fully saturated rings. The number of nitrogens with two attached hydrogens (primary N) is 1. The molecule has 1 aliphatic heterocycles. The van der Waals surface area contributed by atoms with Gasteiger partial charge in [-0.25, -0.2) is 18.7 Å². The Morgan fingerprint density at radius 3 is 2.52 bits per heavy atom. The minimum Gasteiger partial charge on any atom is -0.382 e. The van der Waals surface area contributed by atoms with Gasteiger partial charge >= 0.3 is 29.5 Å². The molecule has 3 heterocycles. The predicted molar refractivity (Wildman–Crippen MR) is 103 cm³/mol. The summed E-state index contributed by atoms with van der Waals surface area (Å²) in [6, 6.07) is 0. The van der Waals surface area contributed by atoms with Gasteiger partial charge in [0.15, 0.2) is 17.0 Å². The summed E-state index contributed by atoms with van der Waals surface area (Å²) in [7, 11) is -15.3. The number of anilines is 1. The second-order valence-corrected chi connectivity index (χ2v) is 11.3. The average Bonchev–Trinajstić information content (AvgIpc) is 3.18. The van der Waals surface area contributed by atoms with E-state index in [-0.39, 0.29) is 23.4 Å². The van der Waals surface area contributed by atoms with Gasteiger partial charge in [-0.15, -0.1) is 0 Å². The molecule has 0 saturated carbocycles. The topological polar surface area (TPSA) is 248 Å². The minimum absolute atomic E-state index is 0.0111. The molecular weight excluding hydrogens is 518 g/mol. The number of phosphoric ester groups is 1. The van der Waals surface area contributed by atoms with E-state index in [0.717, 1.165) is 0 Å². The number of phosphoric acid groups is 3. The normalized spacial score (nSPS) is 27.5. The molecule has 3 rings (SSSR count). The van der Waals surface area contributed by atoms with Gasteiger partial charge in [-0.2, -0.15) is 23.0 Å². The molecule has 1 aliphatic rings. The smallest absolute Gasteiger partial charge is 0.382 e. The van der Waals surface area contributed by atoms with E-state index < -0.39 is 54.1 Å². The van der Waals surface area contributed by atoms with Gasteiger partial charge in [-0.1, -0.05) is 0 Å². The number of imidazole rings is 1. The van der Waals surface area contributed by atoms with Gasteiger partial charge in [-0.05, 0) is 6.92 Å². The van der Waals surface area contributed by atoms with Crippen molar-refractivity contribution in [2.75, 3.05) is 19.5 Å². The number of halogens is 1. The third kappa shape index (κ3) is 6.19. The Kier molecular flexibility index (Phi) is 7.15. The number of methoxy groups -OCH3 is 1. The molecule has 0 radical (unpaired) electrons. The van der Waals surface area contributed by atoms with Crippen LogP contribution in [0.1, 0.15) is 19.6 Å². The number of nitrogen functional groups attached to an aromatic ring is 1. The van der Waals surface area contributed by atoms with E-state index in [9.17, 15) is 27.9 Å². The number of fused-ring (bicyclic) bond motifs is 1. The number of hydrogen-bond donors (Lipinski definition) is 5. The Morgan fingerprint density at radius 1 is 1.24 bits per heavy atom. The monoisotopic (exact) mass is 537 g/mol. The van der Waals surface area contributed by atoms with Gasteiger partial charge in [0.25, 0.3) is 0 Å². The Bertz CT molecular complexity index is 1190. The molecule has 6 N–H and O–H groups in total. The van der Waals surface area contributed by atoms with Crippen LogP contribution in [-0.2, 0) is 36.3 Å². The van der Waals surface area contributed by atoms with Gasteiger partial charge in [-0.3, -0.25) is 9.09 Å². The van der Waals surface area contributed by atoms with Crippen LogP contribution < -0.4 is 5.73 Å². The van der Waals surface area contributed by atoms with E-state index >= 15 is 0 Å². The molecule has 2 unspecified atom stereocenters. The Balaban J connectivity index is 1.77. The van der Waals surface area contributed by atoms with E-state index in [4.69, 9.17) is 25.0 Å². The van der Waals surface area contributed by atoms with Crippen molar-refractivity contribution < 1.29 is 60.3 Å². The van der Waals surface area contributed by atoms with E-state index in [1.165, 1.54) is 24.9 Å². The van der Waals surface area contributed by atoms with Crippen LogP contribution in [0.4, 0.5) is 10.2 Å². The molecule has 1 saturated heterocycles. The van der Waals surface area contributed by atoms with Crippen LogP contribution in [0.25, 0.3) is 11.2 Å². The third-order valence-corrected chi connectivity index (χ3v) is 8.23. The van der Waals surface area contributed by atoms with Gasteiger partial charge in [0.05, 0.1) is 19.0 Å². The molecule has 2 aromatic rings. The fraction of sp³-hybridized carbons (Fsp3) is 0.583. The zero-order valence-corrected chi connectivity index (χ0v) is 19.5. The molecule has 2 aromatic heterocycles. The minimum atomic E-state index is -5.68. The first kappa shape index (κ1) is 26.2. The molecule has 0 aliphatic carbocycles. The number of nitrogens with zero attached hydrogens (tertiary/aromatic N) is 4.